The van der Waals surface area contributed by atoms with Crippen molar-refractivity contribution in [2.45, 2.75) is 63.4 Å². The van der Waals surface area contributed by atoms with Gasteiger partial charge in [-0.15, -0.1) is 0 Å². The lowest BCUT2D eigenvalue weighted by molar-refractivity contribution is -0.151. The summed E-state index contributed by atoms with van der Waals surface area (Å²) in [7, 11) is 0. The molecule has 1 unspecified atom stereocenters. The van der Waals surface area contributed by atoms with Crippen molar-refractivity contribution < 1.29 is 33.4 Å². The highest BCUT2D eigenvalue weighted by Gasteiger charge is 2.55. The number of carbonyl (C=O) groups is 4. The monoisotopic (exact) mass is 590 g/mol. The van der Waals surface area contributed by atoms with Gasteiger partial charge in [0.2, 0.25) is 4.75 Å². The highest BCUT2D eigenvalue weighted by molar-refractivity contribution is 8.16. The molecule has 0 saturated carbocycles. The summed E-state index contributed by atoms with van der Waals surface area (Å²) >= 11 is 0.646. The number of hydrogen-bond donors (Lipinski definition) is 1. The van der Waals surface area contributed by atoms with Crippen LogP contribution in [-0.4, -0.2) is 39.4 Å². The number of pyridine rings is 1. The number of hydrogen-bond acceptors (Lipinski definition) is 9. The Balaban J connectivity index is 1.29. The van der Waals surface area contributed by atoms with Gasteiger partial charge in [-0.2, -0.15) is 0 Å². The maximum Gasteiger partial charge on any atom is 0.333 e. The molecular weight excluding hydrogens is 556 g/mol. The molecule has 2 atom stereocenters. The number of aromatic nitrogens is 1. The van der Waals surface area contributed by atoms with Crippen LogP contribution >= 0.6 is 11.8 Å². The molecule has 1 aromatic heterocycles. The second kappa shape index (κ2) is 14.6. The summed E-state index contributed by atoms with van der Waals surface area (Å²) in [4.78, 5) is 54.2. The Kier molecular flexibility index (Phi) is 10.7. The van der Waals surface area contributed by atoms with E-state index in [-0.39, 0.29) is 25.1 Å². The fourth-order valence-electron chi connectivity index (χ4n) is 4.32. The van der Waals surface area contributed by atoms with Gasteiger partial charge in [0.1, 0.15) is 18.5 Å². The molecule has 3 aromatic rings. The second-order valence-corrected chi connectivity index (χ2v) is 11.2. The largest absolute Gasteiger partial charge is 0.493 e. The molecule has 0 spiro atoms. The summed E-state index contributed by atoms with van der Waals surface area (Å²) in [5.74, 6) is -1.03. The van der Waals surface area contributed by atoms with E-state index in [1.54, 1.807) is 30.5 Å². The van der Waals surface area contributed by atoms with E-state index in [2.05, 4.69) is 10.3 Å². The molecule has 1 fully saturated rings. The van der Waals surface area contributed by atoms with Gasteiger partial charge in [-0.05, 0) is 54.4 Å². The van der Waals surface area contributed by atoms with Gasteiger partial charge >= 0.3 is 11.9 Å². The van der Waals surface area contributed by atoms with Gasteiger partial charge in [-0.25, -0.2) is 4.79 Å². The van der Waals surface area contributed by atoms with Gasteiger partial charge in [-0.1, -0.05) is 61.9 Å². The number of nitrogens with one attached hydrogen (secondary N) is 1. The number of carbonyl (C=O) groups excluding carboxylic acids is 4. The number of imide groups is 1. The molecule has 1 N–H and O–H groups in total. The van der Waals surface area contributed by atoms with E-state index in [0.29, 0.717) is 42.5 Å². The molecule has 220 valence electrons. The van der Waals surface area contributed by atoms with Crippen molar-refractivity contribution in [1.82, 2.24) is 10.3 Å². The Labute approximate surface area is 249 Å². The van der Waals surface area contributed by atoms with Crippen molar-refractivity contribution in [3.63, 3.8) is 0 Å². The highest BCUT2D eigenvalue weighted by Crippen LogP contribution is 2.37. The summed E-state index contributed by atoms with van der Waals surface area (Å²) in [6, 6.07) is 19.9. The van der Waals surface area contributed by atoms with E-state index < -0.39 is 21.9 Å². The van der Waals surface area contributed by atoms with E-state index in [0.717, 1.165) is 29.7 Å². The van der Waals surface area contributed by atoms with Crippen molar-refractivity contribution in [3.8, 4) is 5.75 Å². The van der Waals surface area contributed by atoms with Crippen LogP contribution in [0.2, 0.25) is 0 Å². The van der Waals surface area contributed by atoms with Gasteiger partial charge in [0.25, 0.3) is 11.1 Å². The fourth-order valence-corrected chi connectivity index (χ4v) is 5.31. The molecule has 10 heteroatoms. The maximum atomic E-state index is 13.1. The Morgan fingerprint density at radius 1 is 1.00 bits per heavy atom. The van der Waals surface area contributed by atoms with E-state index in [1.807, 2.05) is 56.3 Å². The Bertz CT molecular complexity index is 1380. The van der Waals surface area contributed by atoms with Crippen LogP contribution in [0, 0.1) is 0 Å². The third-order valence-corrected chi connectivity index (χ3v) is 7.89. The summed E-state index contributed by atoms with van der Waals surface area (Å²) < 4.78 is 15.1. The second-order valence-electron chi connectivity index (χ2n) is 9.97. The topological polar surface area (TPSA) is 121 Å². The first-order valence-electron chi connectivity index (χ1n) is 13.9. The van der Waals surface area contributed by atoms with Crippen molar-refractivity contribution in [3.05, 3.63) is 95.3 Å². The molecule has 1 aliphatic heterocycles. The fraction of sp³-hybridized carbons (Fsp3) is 0.344. The van der Waals surface area contributed by atoms with Crippen LogP contribution in [0.25, 0.3) is 0 Å². The van der Waals surface area contributed by atoms with Gasteiger partial charge in [-0.3, -0.25) is 24.7 Å². The van der Waals surface area contributed by atoms with Crippen molar-refractivity contribution in [1.29, 1.82) is 0 Å². The van der Waals surface area contributed by atoms with Crippen molar-refractivity contribution in [2.75, 3.05) is 6.61 Å². The zero-order chi connectivity index (χ0) is 30.0. The predicted octanol–water partition coefficient (Wildman–Crippen LogP) is 5.51. The van der Waals surface area contributed by atoms with Crippen LogP contribution in [0.4, 0.5) is 4.79 Å². The molecule has 2 heterocycles. The molecular formula is C32H34N2O7S. The van der Waals surface area contributed by atoms with Crippen LogP contribution in [0.1, 0.15) is 61.6 Å². The number of benzene rings is 2. The quantitative estimate of drug-likeness (QED) is 0.191. The van der Waals surface area contributed by atoms with Crippen molar-refractivity contribution >= 4 is 34.8 Å². The first-order valence-corrected chi connectivity index (χ1v) is 14.7. The van der Waals surface area contributed by atoms with Gasteiger partial charge < -0.3 is 14.2 Å². The minimum atomic E-state index is -1.70. The molecule has 2 aromatic carbocycles. The molecule has 2 amide bonds. The standard InChI is InChI=1S/C32H34N2O7S/c1-3-4-10-28(35)41-22(2)25-13-14-26(33-20-25)17-18-39-27-15-11-23(12-16-27)19-32(29(36)34-31(38)42-32)30(37)40-21-24-8-6-5-7-9-24/h5-9,11-16,20,22H,3-4,10,17-19,21H2,1-2H3,(H,34,36,38)/t22-,32?/m1/s1. The lowest BCUT2D eigenvalue weighted by Crippen LogP contribution is -2.46. The first kappa shape index (κ1) is 30.8. The van der Waals surface area contributed by atoms with E-state index in [1.165, 1.54) is 0 Å². The Morgan fingerprint density at radius 2 is 1.76 bits per heavy atom. The lowest BCUT2D eigenvalue weighted by atomic mass is 9.97. The van der Waals surface area contributed by atoms with Crippen LogP contribution in [0.15, 0.2) is 72.9 Å². The van der Waals surface area contributed by atoms with Crippen LogP contribution in [-0.2, 0) is 43.3 Å². The van der Waals surface area contributed by atoms with Crippen LogP contribution < -0.4 is 10.1 Å². The van der Waals surface area contributed by atoms with Crippen molar-refractivity contribution in [2.24, 2.45) is 0 Å². The number of ether oxygens (including phenoxy) is 3. The molecule has 0 radical (unpaired) electrons. The minimum absolute atomic E-state index is 0.000654. The average Bonchev–Trinajstić information content (AvgIpc) is 3.29. The summed E-state index contributed by atoms with van der Waals surface area (Å²) in [6.45, 7) is 4.25. The van der Waals surface area contributed by atoms with Crippen LogP contribution in [0.5, 0.6) is 5.75 Å². The third kappa shape index (κ3) is 8.19. The number of unbranched alkanes of at least 4 members (excludes halogenated alkanes) is 1. The maximum absolute atomic E-state index is 13.1. The van der Waals surface area contributed by atoms with Gasteiger partial charge in [0.15, 0.2) is 0 Å². The Morgan fingerprint density at radius 3 is 2.40 bits per heavy atom. The zero-order valence-electron chi connectivity index (χ0n) is 23.7. The van der Waals surface area contributed by atoms with Crippen LogP contribution in [0.3, 0.4) is 0 Å². The molecule has 4 rings (SSSR count). The van der Waals surface area contributed by atoms with E-state index >= 15 is 0 Å². The highest BCUT2D eigenvalue weighted by atomic mass is 32.2. The smallest absolute Gasteiger partial charge is 0.333 e. The normalized spacial score (nSPS) is 16.9. The van der Waals surface area contributed by atoms with Gasteiger partial charge in [0, 0.05) is 36.7 Å². The number of rotatable bonds is 14. The first-order chi connectivity index (χ1) is 20.3. The number of thioether (sulfide) groups is 1. The molecule has 0 aliphatic carbocycles. The summed E-state index contributed by atoms with van der Waals surface area (Å²) in [6.07, 6.45) is 4.09. The summed E-state index contributed by atoms with van der Waals surface area (Å²) in [5.41, 5.74) is 3.13. The minimum Gasteiger partial charge on any atom is -0.493 e. The molecule has 42 heavy (non-hydrogen) atoms. The lowest BCUT2D eigenvalue weighted by Gasteiger charge is -2.22. The zero-order valence-corrected chi connectivity index (χ0v) is 24.5. The predicted molar refractivity (Wildman–Crippen MR) is 158 cm³/mol. The number of nitrogens with zero attached hydrogens (tertiary/aromatic N) is 1. The van der Waals surface area contributed by atoms with E-state index in [4.69, 9.17) is 14.2 Å². The molecule has 0 bridgehead atoms. The summed E-state index contributed by atoms with van der Waals surface area (Å²) in [5, 5.41) is 1.64. The molecule has 9 nitrogen and oxygen atoms in total. The molecule has 1 aliphatic rings. The Hall–Kier alpha value is -4.18. The molecule has 1 saturated heterocycles. The van der Waals surface area contributed by atoms with Gasteiger partial charge in [0.05, 0.1) is 6.61 Å². The van der Waals surface area contributed by atoms with E-state index in [9.17, 15) is 19.2 Å². The average molecular weight is 591 g/mol. The SMILES string of the molecule is CCCCC(=O)O[C@H](C)c1ccc(CCOc2ccc(CC3(C(=O)OCc4ccccc4)SC(=O)NC3=O)cc2)nc1. The number of amides is 2. The third-order valence-electron chi connectivity index (χ3n) is 6.75. The number of esters is 2.